The van der Waals surface area contributed by atoms with Gasteiger partial charge in [0.1, 0.15) is 11.6 Å². The summed E-state index contributed by atoms with van der Waals surface area (Å²) >= 11 is 0. The summed E-state index contributed by atoms with van der Waals surface area (Å²) in [5.74, 6) is -1.50. The number of carbonyl (C=O) groups excluding carboxylic acids is 2. The highest BCUT2D eigenvalue weighted by Crippen LogP contribution is 2.36. The summed E-state index contributed by atoms with van der Waals surface area (Å²) in [4.78, 5) is 25.7. The second-order valence-electron chi connectivity index (χ2n) is 8.11. The maximum atomic E-state index is 13.9. The number of benzene rings is 3. The number of anilines is 1. The third kappa shape index (κ3) is 5.76. The van der Waals surface area contributed by atoms with Crippen LogP contribution in [-0.2, 0) is 17.3 Å². The number of hydrazone groups is 1. The molecule has 0 aromatic heterocycles. The number of hydrogen-bond acceptors (Lipinski definition) is 4. The number of amides is 3. The standard InChI is InChI=1S/C26H20F5N3O3/c1-2-37-25(36)34(24(35)32-20-10-5-17(6-11-20)26(29,30)31)33-23-21-12-9-19(28)13-16(21)14-22(23)15-3-7-18(27)8-4-15/h3-13,22H,2,14H2,1H3,(H,32,35). The van der Waals surface area contributed by atoms with E-state index in [2.05, 4.69) is 10.4 Å². The second kappa shape index (κ2) is 10.4. The highest BCUT2D eigenvalue weighted by atomic mass is 19.4. The lowest BCUT2D eigenvalue weighted by Crippen LogP contribution is -2.37. The number of carbonyl (C=O) groups is 2. The van der Waals surface area contributed by atoms with Crippen molar-refractivity contribution in [1.82, 2.24) is 5.01 Å². The normalized spacial score (nSPS) is 15.8. The van der Waals surface area contributed by atoms with Gasteiger partial charge >= 0.3 is 18.3 Å². The molecule has 0 heterocycles. The molecular weight excluding hydrogens is 497 g/mol. The largest absolute Gasteiger partial charge is 0.448 e. The fourth-order valence-electron chi connectivity index (χ4n) is 3.96. The number of fused-ring (bicyclic) bond motifs is 1. The molecule has 0 aliphatic heterocycles. The number of nitrogens with zero attached hydrogens (tertiary/aromatic N) is 2. The van der Waals surface area contributed by atoms with Crippen LogP contribution in [0.25, 0.3) is 0 Å². The average Bonchev–Trinajstić information content (AvgIpc) is 3.20. The molecule has 3 aromatic carbocycles. The third-order valence-electron chi connectivity index (χ3n) is 5.67. The topological polar surface area (TPSA) is 71.0 Å². The first-order chi connectivity index (χ1) is 17.6. The highest BCUT2D eigenvalue weighted by molar-refractivity contribution is 6.10. The van der Waals surface area contributed by atoms with Crippen molar-refractivity contribution < 1.29 is 36.3 Å². The van der Waals surface area contributed by atoms with Gasteiger partial charge in [-0.1, -0.05) is 12.1 Å². The van der Waals surface area contributed by atoms with Crippen molar-refractivity contribution in [3.63, 3.8) is 0 Å². The van der Waals surface area contributed by atoms with Gasteiger partial charge in [-0.3, -0.25) is 0 Å². The monoisotopic (exact) mass is 517 g/mol. The molecule has 0 saturated heterocycles. The van der Waals surface area contributed by atoms with Crippen molar-refractivity contribution in [2.45, 2.75) is 25.4 Å². The van der Waals surface area contributed by atoms with Crippen molar-refractivity contribution in [2.24, 2.45) is 5.10 Å². The number of ether oxygens (including phenoxy) is 1. The number of nitrogens with one attached hydrogen (secondary N) is 1. The molecule has 1 unspecified atom stereocenters. The van der Waals surface area contributed by atoms with Crippen molar-refractivity contribution in [3.8, 4) is 0 Å². The van der Waals surface area contributed by atoms with Crippen LogP contribution in [0.5, 0.6) is 0 Å². The zero-order chi connectivity index (χ0) is 26.7. The number of rotatable bonds is 4. The summed E-state index contributed by atoms with van der Waals surface area (Å²) in [6, 6.07) is 12.1. The zero-order valence-electron chi connectivity index (χ0n) is 19.4. The molecule has 37 heavy (non-hydrogen) atoms. The van der Waals surface area contributed by atoms with Gasteiger partial charge < -0.3 is 10.1 Å². The first-order valence-electron chi connectivity index (χ1n) is 11.1. The van der Waals surface area contributed by atoms with Crippen molar-refractivity contribution in [2.75, 3.05) is 11.9 Å². The van der Waals surface area contributed by atoms with E-state index in [4.69, 9.17) is 4.74 Å². The quantitative estimate of drug-likeness (QED) is 0.309. The predicted octanol–water partition coefficient (Wildman–Crippen LogP) is 6.72. The fourth-order valence-corrected chi connectivity index (χ4v) is 3.96. The molecule has 1 N–H and O–H groups in total. The van der Waals surface area contributed by atoms with Crippen LogP contribution in [-0.4, -0.2) is 29.5 Å². The molecule has 1 aliphatic carbocycles. The van der Waals surface area contributed by atoms with Crippen LogP contribution in [0.2, 0.25) is 0 Å². The second-order valence-corrected chi connectivity index (χ2v) is 8.11. The zero-order valence-corrected chi connectivity index (χ0v) is 19.4. The van der Waals surface area contributed by atoms with Crippen molar-refractivity contribution >= 4 is 23.5 Å². The molecule has 0 fully saturated rings. The molecular formula is C26H20F5N3O3. The van der Waals surface area contributed by atoms with E-state index in [1.54, 1.807) is 0 Å². The Morgan fingerprint density at radius 2 is 1.65 bits per heavy atom. The Balaban J connectivity index is 1.72. The Bertz CT molecular complexity index is 1340. The van der Waals surface area contributed by atoms with E-state index in [0.717, 1.165) is 24.3 Å². The molecule has 6 nitrogen and oxygen atoms in total. The summed E-state index contributed by atoms with van der Waals surface area (Å²) < 4.78 is 71.0. The van der Waals surface area contributed by atoms with Gasteiger partial charge in [0.25, 0.3) is 0 Å². The van der Waals surface area contributed by atoms with Gasteiger partial charge in [0.05, 0.1) is 17.9 Å². The van der Waals surface area contributed by atoms with Crippen LogP contribution < -0.4 is 5.32 Å². The van der Waals surface area contributed by atoms with E-state index in [1.165, 1.54) is 49.4 Å². The molecule has 0 saturated carbocycles. The predicted molar refractivity (Wildman–Crippen MR) is 125 cm³/mol. The lowest BCUT2D eigenvalue weighted by atomic mass is 9.94. The Morgan fingerprint density at radius 3 is 2.27 bits per heavy atom. The SMILES string of the molecule is CCOC(=O)N(N=C1c2ccc(F)cc2CC1c1ccc(F)cc1)C(=O)Nc1ccc(C(F)(F)F)cc1. The van der Waals surface area contributed by atoms with Gasteiger partial charge in [0, 0.05) is 17.2 Å². The molecule has 4 rings (SSSR count). The van der Waals surface area contributed by atoms with E-state index in [9.17, 15) is 31.5 Å². The van der Waals surface area contributed by atoms with Crippen LogP contribution in [0, 0.1) is 11.6 Å². The summed E-state index contributed by atoms with van der Waals surface area (Å²) in [7, 11) is 0. The fraction of sp³-hybridized carbons (Fsp3) is 0.192. The minimum atomic E-state index is -4.56. The minimum absolute atomic E-state index is 0.0172. The Morgan fingerprint density at radius 1 is 1.00 bits per heavy atom. The summed E-state index contributed by atoms with van der Waals surface area (Å²) in [6.45, 7) is 1.43. The van der Waals surface area contributed by atoms with E-state index < -0.39 is 41.4 Å². The summed E-state index contributed by atoms with van der Waals surface area (Å²) in [5.41, 5.74) is 0.967. The molecule has 192 valence electrons. The smallest absolute Gasteiger partial charge is 0.439 e. The van der Waals surface area contributed by atoms with Crippen LogP contribution >= 0.6 is 0 Å². The van der Waals surface area contributed by atoms with Gasteiger partial charge in [0.15, 0.2) is 0 Å². The van der Waals surface area contributed by atoms with E-state index in [0.29, 0.717) is 21.7 Å². The molecule has 1 atom stereocenters. The van der Waals surface area contributed by atoms with E-state index in [-0.39, 0.29) is 24.4 Å². The highest BCUT2D eigenvalue weighted by Gasteiger charge is 2.34. The van der Waals surface area contributed by atoms with Crippen LogP contribution in [0.15, 0.2) is 71.8 Å². The van der Waals surface area contributed by atoms with Gasteiger partial charge in [0.2, 0.25) is 0 Å². The number of imide groups is 1. The Kier molecular flexibility index (Phi) is 7.23. The molecule has 0 radical (unpaired) electrons. The number of urea groups is 1. The van der Waals surface area contributed by atoms with Gasteiger partial charge in [-0.15, -0.1) is 5.01 Å². The van der Waals surface area contributed by atoms with E-state index in [1.807, 2.05) is 0 Å². The molecule has 0 spiro atoms. The van der Waals surface area contributed by atoms with Crippen LogP contribution in [0.4, 0.5) is 37.2 Å². The average molecular weight is 517 g/mol. The maximum absolute atomic E-state index is 13.9. The lowest BCUT2D eigenvalue weighted by molar-refractivity contribution is -0.137. The number of halogens is 5. The Labute approximate surface area is 208 Å². The maximum Gasteiger partial charge on any atom is 0.439 e. The lowest BCUT2D eigenvalue weighted by Gasteiger charge is -2.19. The van der Waals surface area contributed by atoms with Crippen molar-refractivity contribution in [1.29, 1.82) is 0 Å². The molecule has 11 heteroatoms. The van der Waals surface area contributed by atoms with E-state index >= 15 is 0 Å². The van der Waals surface area contributed by atoms with Crippen LogP contribution in [0.1, 0.15) is 35.1 Å². The molecule has 3 amide bonds. The Hall–Kier alpha value is -4.28. The molecule has 1 aliphatic rings. The molecule has 0 bridgehead atoms. The number of hydrogen-bond donors (Lipinski definition) is 1. The van der Waals surface area contributed by atoms with Gasteiger partial charge in [-0.2, -0.15) is 18.3 Å². The summed E-state index contributed by atoms with van der Waals surface area (Å²) in [6.07, 6.45) is -5.42. The number of alkyl halides is 3. The first-order valence-corrected chi connectivity index (χ1v) is 11.1. The summed E-state index contributed by atoms with van der Waals surface area (Å²) in [5, 5.41) is 7.02. The van der Waals surface area contributed by atoms with Crippen LogP contribution in [0.3, 0.4) is 0 Å². The van der Waals surface area contributed by atoms with Gasteiger partial charge in [-0.05, 0) is 79.1 Å². The van der Waals surface area contributed by atoms with Crippen molar-refractivity contribution in [3.05, 3.63) is 101 Å². The molecule has 3 aromatic rings. The first kappa shape index (κ1) is 25.8. The minimum Gasteiger partial charge on any atom is -0.448 e. The third-order valence-corrected chi connectivity index (χ3v) is 5.67. The van der Waals surface area contributed by atoms with Gasteiger partial charge in [-0.25, -0.2) is 18.4 Å².